The second-order valence-corrected chi connectivity index (χ2v) is 5.18. The lowest BCUT2D eigenvalue weighted by atomic mass is 10.4. The van der Waals surface area contributed by atoms with Gasteiger partial charge in [0.15, 0.2) is 0 Å². The summed E-state index contributed by atoms with van der Waals surface area (Å²) in [5.74, 6) is 0. The van der Waals surface area contributed by atoms with Crippen LogP contribution in [-0.4, -0.2) is 23.2 Å². The van der Waals surface area contributed by atoms with Crippen molar-refractivity contribution in [1.82, 2.24) is 0 Å². The molecule has 0 amide bonds. The Morgan fingerprint density at radius 2 is 1.77 bits per heavy atom. The molecule has 3 heteroatoms. The van der Waals surface area contributed by atoms with Crippen LogP contribution in [0, 0.1) is 0 Å². The molecule has 0 heterocycles. The van der Waals surface area contributed by atoms with Gasteiger partial charge in [0.05, 0.1) is 6.61 Å². The molecule has 1 rings (SSSR count). The Kier molecular flexibility index (Phi) is 4.70. The summed E-state index contributed by atoms with van der Waals surface area (Å²) in [6.07, 6.45) is 2.07. The minimum atomic E-state index is 0.231. The van der Waals surface area contributed by atoms with E-state index in [-0.39, 0.29) is 11.9 Å². The first-order chi connectivity index (χ1) is 6.26. The monoisotopic (exact) mass is 214 g/mol. The number of hydrogen-bond donors (Lipinski definition) is 1. The molecule has 0 radical (unpaired) electrons. The van der Waals surface area contributed by atoms with Gasteiger partial charge in [-0.15, -0.1) is 23.5 Å². The van der Waals surface area contributed by atoms with Crippen LogP contribution in [0.15, 0.2) is 34.1 Å². The minimum absolute atomic E-state index is 0.231. The van der Waals surface area contributed by atoms with E-state index >= 15 is 0 Å². The van der Waals surface area contributed by atoms with Gasteiger partial charge in [-0.2, -0.15) is 0 Å². The summed E-state index contributed by atoms with van der Waals surface area (Å²) >= 11 is 3.45. The molecule has 13 heavy (non-hydrogen) atoms. The van der Waals surface area contributed by atoms with E-state index in [1.54, 1.807) is 23.5 Å². The van der Waals surface area contributed by atoms with E-state index in [9.17, 15) is 0 Å². The van der Waals surface area contributed by atoms with Gasteiger partial charge in [0, 0.05) is 15.0 Å². The van der Waals surface area contributed by atoms with E-state index in [1.807, 2.05) is 6.92 Å². The highest BCUT2D eigenvalue weighted by Crippen LogP contribution is 2.25. The van der Waals surface area contributed by atoms with E-state index in [0.29, 0.717) is 0 Å². The Labute approximate surface area is 87.9 Å². The third-order valence-electron chi connectivity index (χ3n) is 1.65. The number of thioether (sulfide) groups is 2. The van der Waals surface area contributed by atoms with Crippen molar-refractivity contribution in [1.29, 1.82) is 0 Å². The van der Waals surface area contributed by atoms with Crippen molar-refractivity contribution >= 4 is 23.5 Å². The zero-order valence-corrected chi connectivity index (χ0v) is 9.49. The van der Waals surface area contributed by atoms with Crippen LogP contribution < -0.4 is 0 Å². The van der Waals surface area contributed by atoms with Crippen LogP contribution in [0.4, 0.5) is 0 Å². The summed E-state index contributed by atoms with van der Waals surface area (Å²) in [6.45, 7) is 2.25. The fraction of sp³-hybridized carbons (Fsp3) is 0.400. The Hall–Kier alpha value is -0.120. The molecule has 72 valence electrons. The minimum Gasteiger partial charge on any atom is -0.395 e. The van der Waals surface area contributed by atoms with Gasteiger partial charge >= 0.3 is 0 Å². The second kappa shape index (κ2) is 5.58. The van der Waals surface area contributed by atoms with Crippen LogP contribution in [0.5, 0.6) is 0 Å². The lowest BCUT2D eigenvalue weighted by Crippen LogP contribution is -2.00. The van der Waals surface area contributed by atoms with Gasteiger partial charge in [0.1, 0.15) is 0 Å². The molecule has 0 aliphatic rings. The van der Waals surface area contributed by atoms with Crippen molar-refractivity contribution in [3.63, 3.8) is 0 Å². The first-order valence-electron chi connectivity index (χ1n) is 4.18. The Morgan fingerprint density at radius 3 is 2.23 bits per heavy atom. The second-order valence-electron chi connectivity index (χ2n) is 2.79. The van der Waals surface area contributed by atoms with Gasteiger partial charge in [-0.1, -0.05) is 6.92 Å². The molecule has 1 unspecified atom stereocenters. The molecule has 1 N–H and O–H groups in total. The van der Waals surface area contributed by atoms with Crippen molar-refractivity contribution in [2.24, 2.45) is 0 Å². The normalized spacial score (nSPS) is 12.8. The molecule has 0 spiro atoms. The van der Waals surface area contributed by atoms with E-state index in [2.05, 4.69) is 30.5 Å². The summed E-state index contributed by atoms with van der Waals surface area (Å²) in [7, 11) is 0. The average Bonchev–Trinajstić information content (AvgIpc) is 2.19. The third kappa shape index (κ3) is 3.63. The van der Waals surface area contributed by atoms with Gasteiger partial charge in [-0.3, -0.25) is 0 Å². The molecule has 1 aromatic carbocycles. The van der Waals surface area contributed by atoms with Gasteiger partial charge in [0.2, 0.25) is 0 Å². The first-order valence-corrected chi connectivity index (χ1v) is 6.28. The van der Waals surface area contributed by atoms with Crippen molar-refractivity contribution in [2.45, 2.75) is 22.0 Å². The molecule has 1 nitrogen and oxygen atoms in total. The lowest BCUT2D eigenvalue weighted by Gasteiger charge is -2.07. The molecular weight excluding hydrogens is 200 g/mol. The van der Waals surface area contributed by atoms with Gasteiger partial charge in [-0.05, 0) is 30.5 Å². The summed E-state index contributed by atoms with van der Waals surface area (Å²) in [5.41, 5.74) is 0. The van der Waals surface area contributed by atoms with Crippen LogP contribution in [0.3, 0.4) is 0 Å². The molecule has 0 fully saturated rings. The summed E-state index contributed by atoms with van der Waals surface area (Å²) in [5, 5.41) is 9.15. The van der Waals surface area contributed by atoms with E-state index in [0.717, 1.165) is 0 Å². The van der Waals surface area contributed by atoms with Gasteiger partial charge in [-0.25, -0.2) is 0 Å². The lowest BCUT2D eigenvalue weighted by molar-refractivity contribution is 0.300. The standard InChI is InChI=1S/C10H14OS2/c1-8(7-11)13-10-5-3-9(12-2)4-6-10/h3-6,8,11H,7H2,1-2H3. The molecule has 0 bridgehead atoms. The Morgan fingerprint density at radius 1 is 1.23 bits per heavy atom. The molecular formula is C10H14OS2. The average molecular weight is 214 g/mol. The number of rotatable bonds is 4. The van der Waals surface area contributed by atoms with Crippen molar-refractivity contribution in [3.8, 4) is 0 Å². The van der Waals surface area contributed by atoms with Crippen LogP contribution in [0.25, 0.3) is 0 Å². The smallest absolute Gasteiger partial charge is 0.0550 e. The maximum Gasteiger partial charge on any atom is 0.0550 e. The van der Waals surface area contributed by atoms with Crippen LogP contribution in [0.2, 0.25) is 0 Å². The van der Waals surface area contributed by atoms with Crippen LogP contribution in [-0.2, 0) is 0 Å². The highest BCUT2D eigenvalue weighted by atomic mass is 32.2. The number of benzene rings is 1. The zero-order chi connectivity index (χ0) is 9.68. The maximum atomic E-state index is 8.87. The van der Waals surface area contributed by atoms with Gasteiger partial charge in [0.25, 0.3) is 0 Å². The van der Waals surface area contributed by atoms with Crippen LogP contribution in [0.1, 0.15) is 6.92 Å². The first kappa shape index (κ1) is 11.0. The molecule has 0 aliphatic carbocycles. The van der Waals surface area contributed by atoms with Crippen molar-refractivity contribution < 1.29 is 5.11 Å². The van der Waals surface area contributed by atoms with Crippen molar-refractivity contribution in [3.05, 3.63) is 24.3 Å². The maximum absolute atomic E-state index is 8.87. The number of aliphatic hydroxyl groups is 1. The van der Waals surface area contributed by atoms with Gasteiger partial charge < -0.3 is 5.11 Å². The van der Waals surface area contributed by atoms with Crippen LogP contribution >= 0.6 is 23.5 Å². The Balaban J connectivity index is 2.58. The predicted molar refractivity (Wildman–Crippen MR) is 60.6 cm³/mol. The fourth-order valence-electron chi connectivity index (χ4n) is 0.924. The van der Waals surface area contributed by atoms with E-state index in [4.69, 9.17) is 5.11 Å². The molecule has 0 aliphatic heterocycles. The number of aliphatic hydroxyl groups excluding tert-OH is 1. The van der Waals surface area contributed by atoms with Crippen molar-refractivity contribution in [2.75, 3.05) is 12.9 Å². The SMILES string of the molecule is CSc1ccc(SC(C)CO)cc1. The molecule has 1 aromatic rings. The molecule has 0 saturated heterocycles. The quantitative estimate of drug-likeness (QED) is 0.778. The summed E-state index contributed by atoms with van der Waals surface area (Å²) in [6, 6.07) is 8.42. The molecule has 1 atom stereocenters. The third-order valence-corrected chi connectivity index (χ3v) is 3.49. The Bertz CT molecular complexity index is 246. The van der Waals surface area contributed by atoms with E-state index < -0.39 is 0 Å². The molecule has 0 aromatic heterocycles. The topological polar surface area (TPSA) is 20.2 Å². The predicted octanol–water partition coefficient (Wildman–Crippen LogP) is 2.88. The largest absolute Gasteiger partial charge is 0.395 e. The fourth-order valence-corrected chi connectivity index (χ4v) is 2.16. The highest BCUT2D eigenvalue weighted by Gasteiger charge is 2.01. The van der Waals surface area contributed by atoms with E-state index in [1.165, 1.54) is 9.79 Å². The highest BCUT2D eigenvalue weighted by molar-refractivity contribution is 8.00. The number of hydrogen-bond acceptors (Lipinski definition) is 3. The summed E-state index contributed by atoms with van der Waals surface area (Å²) < 4.78 is 0. The molecule has 0 saturated carbocycles. The summed E-state index contributed by atoms with van der Waals surface area (Å²) in [4.78, 5) is 2.50. The zero-order valence-electron chi connectivity index (χ0n) is 7.86.